The fraction of sp³-hybridized carbons (Fsp3) is 0.259. The number of amides is 1. The van der Waals surface area contributed by atoms with Crippen molar-refractivity contribution >= 4 is 16.9 Å². The third-order valence-electron chi connectivity index (χ3n) is 5.97. The molecule has 5 rings (SSSR count). The van der Waals surface area contributed by atoms with Gasteiger partial charge in [0.2, 0.25) is 5.76 Å². The van der Waals surface area contributed by atoms with Crippen LogP contribution in [0.15, 0.2) is 74.5 Å². The largest absolute Gasteiger partial charge is 0.494 e. The first-order valence-electron chi connectivity index (χ1n) is 11.2. The Balaban J connectivity index is 1.66. The second-order valence-corrected chi connectivity index (χ2v) is 8.36. The van der Waals surface area contributed by atoms with Crippen molar-refractivity contribution in [1.29, 1.82) is 0 Å². The zero-order valence-corrected chi connectivity index (χ0v) is 18.7. The molecule has 6 nitrogen and oxygen atoms in total. The number of fused-ring (bicyclic) bond motifs is 2. The average molecular weight is 443 g/mol. The van der Waals surface area contributed by atoms with Gasteiger partial charge in [0, 0.05) is 0 Å². The molecule has 1 amide bonds. The van der Waals surface area contributed by atoms with Crippen LogP contribution in [0.5, 0.6) is 5.75 Å². The zero-order valence-electron chi connectivity index (χ0n) is 18.7. The van der Waals surface area contributed by atoms with Gasteiger partial charge < -0.3 is 18.5 Å². The van der Waals surface area contributed by atoms with Gasteiger partial charge in [-0.25, -0.2) is 0 Å². The first-order chi connectivity index (χ1) is 16.1. The van der Waals surface area contributed by atoms with Crippen LogP contribution in [0.1, 0.15) is 58.8 Å². The molecule has 1 aliphatic rings. The average Bonchev–Trinajstić information content (AvgIpc) is 3.42. The fourth-order valence-corrected chi connectivity index (χ4v) is 4.32. The van der Waals surface area contributed by atoms with E-state index in [4.69, 9.17) is 13.6 Å². The summed E-state index contributed by atoms with van der Waals surface area (Å²) in [5.74, 6) is 1.10. The van der Waals surface area contributed by atoms with Crippen LogP contribution < -0.4 is 10.2 Å². The van der Waals surface area contributed by atoms with Gasteiger partial charge in [0.1, 0.15) is 17.1 Å². The second kappa shape index (κ2) is 8.62. The molecule has 1 atom stereocenters. The summed E-state index contributed by atoms with van der Waals surface area (Å²) in [6.45, 7) is 4.87. The summed E-state index contributed by atoms with van der Waals surface area (Å²) in [6, 6.07) is 16.0. The molecule has 2 aromatic heterocycles. The van der Waals surface area contributed by atoms with E-state index in [1.165, 1.54) is 0 Å². The number of unbranched alkanes of at least 4 members (excludes halogenated alkanes) is 1. The summed E-state index contributed by atoms with van der Waals surface area (Å²) in [7, 11) is 0. The number of carbonyl (C=O) groups is 1. The van der Waals surface area contributed by atoms with Crippen LogP contribution in [-0.4, -0.2) is 17.4 Å². The molecule has 33 heavy (non-hydrogen) atoms. The number of nitrogens with zero attached hydrogens (tertiary/aromatic N) is 1. The SMILES string of the molecule is CCCCOc1cccc(C2c3c(oc4ccc(C)cc4c3=O)C(=O)N2Cc2ccco2)c1. The molecule has 2 aromatic carbocycles. The third kappa shape index (κ3) is 3.82. The molecule has 0 saturated heterocycles. The number of aryl methyl sites for hydroxylation is 1. The maximum Gasteiger partial charge on any atom is 0.291 e. The van der Waals surface area contributed by atoms with Crippen LogP contribution in [0, 0.1) is 6.92 Å². The lowest BCUT2D eigenvalue weighted by Crippen LogP contribution is -2.29. The molecule has 4 aromatic rings. The molecule has 0 radical (unpaired) electrons. The van der Waals surface area contributed by atoms with Gasteiger partial charge >= 0.3 is 0 Å². The minimum absolute atomic E-state index is 0.0882. The van der Waals surface area contributed by atoms with Crippen molar-refractivity contribution in [2.75, 3.05) is 6.61 Å². The van der Waals surface area contributed by atoms with Gasteiger partial charge in [-0.2, -0.15) is 0 Å². The van der Waals surface area contributed by atoms with Crippen molar-refractivity contribution in [3.63, 3.8) is 0 Å². The number of hydrogen-bond donors (Lipinski definition) is 0. The topological polar surface area (TPSA) is 72.9 Å². The van der Waals surface area contributed by atoms with Gasteiger partial charge in [-0.1, -0.05) is 37.1 Å². The number of rotatable bonds is 7. The van der Waals surface area contributed by atoms with Crippen LogP contribution in [0.3, 0.4) is 0 Å². The van der Waals surface area contributed by atoms with E-state index in [2.05, 4.69) is 6.92 Å². The Kier molecular flexibility index (Phi) is 5.50. The standard InChI is InChI=1S/C27H25NO5/c1-3-4-12-31-19-8-5-7-18(15-19)24-23-25(29)21-14-17(2)10-11-22(21)33-26(23)27(30)28(24)16-20-9-6-13-32-20/h5-11,13-15,24H,3-4,12,16H2,1-2H3. The molecule has 0 spiro atoms. The van der Waals surface area contributed by atoms with Crippen molar-refractivity contribution in [3.05, 3.63) is 99.3 Å². The van der Waals surface area contributed by atoms with E-state index in [-0.39, 0.29) is 23.6 Å². The lowest BCUT2D eigenvalue weighted by atomic mass is 9.98. The van der Waals surface area contributed by atoms with Gasteiger partial charge in [0.15, 0.2) is 5.43 Å². The van der Waals surface area contributed by atoms with Crippen LogP contribution in [0.25, 0.3) is 11.0 Å². The van der Waals surface area contributed by atoms with Crippen molar-refractivity contribution in [3.8, 4) is 5.75 Å². The summed E-state index contributed by atoms with van der Waals surface area (Å²) >= 11 is 0. The van der Waals surface area contributed by atoms with Crippen molar-refractivity contribution in [2.24, 2.45) is 0 Å². The second-order valence-electron chi connectivity index (χ2n) is 8.36. The third-order valence-corrected chi connectivity index (χ3v) is 5.97. The highest BCUT2D eigenvalue weighted by Crippen LogP contribution is 2.40. The molecule has 0 bridgehead atoms. The highest BCUT2D eigenvalue weighted by Gasteiger charge is 2.43. The van der Waals surface area contributed by atoms with E-state index in [1.807, 2.05) is 49.4 Å². The monoisotopic (exact) mass is 443 g/mol. The van der Waals surface area contributed by atoms with Gasteiger partial charge in [-0.15, -0.1) is 0 Å². The predicted octanol–water partition coefficient (Wildman–Crippen LogP) is 5.62. The Labute approximate surface area is 191 Å². The number of furan rings is 1. The van der Waals surface area contributed by atoms with Crippen LogP contribution >= 0.6 is 0 Å². The summed E-state index contributed by atoms with van der Waals surface area (Å²) < 4.78 is 17.4. The van der Waals surface area contributed by atoms with E-state index in [0.717, 1.165) is 24.0 Å². The first-order valence-corrected chi connectivity index (χ1v) is 11.2. The molecule has 0 saturated carbocycles. The summed E-state index contributed by atoms with van der Waals surface area (Å²) in [5.41, 5.74) is 2.33. The van der Waals surface area contributed by atoms with Gasteiger partial charge in [0.25, 0.3) is 5.91 Å². The van der Waals surface area contributed by atoms with Crippen LogP contribution in [0.2, 0.25) is 0 Å². The van der Waals surface area contributed by atoms with Crippen molar-refractivity contribution in [1.82, 2.24) is 4.90 Å². The summed E-state index contributed by atoms with van der Waals surface area (Å²) in [5, 5.41) is 0.474. The zero-order chi connectivity index (χ0) is 22.9. The molecule has 3 heterocycles. The molecule has 1 aliphatic heterocycles. The Morgan fingerprint density at radius 1 is 1.06 bits per heavy atom. The van der Waals surface area contributed by atoms with E-state index >= 15 is 0 Å². The Bertz CT molecular complexity index is 1370. The Morgan fingerprint density at radius 2 is 1.94 bits per heavy atom. The predicted molar refractivity (Wildman–Crippen MR) is 124 cm³/mol. The number of carbonyl (C=O) groups excluding carboxylic acids is 1. The minimum Gasteiger partial charge on any atom is -0.494 e. The highest BCUT2D eigenvalue weighted by atomic mass is 16.5. The Morgan fingerprint density at radius 3 is 2.73 bits per heavy atom. The van der Waals surface area contributed by atoms with Crippen molar-refractivity contribution in [2.45, 2.75) is 39.3 Å². The maximum atomic E-state index is 13.7. The van der Waals surface area contributed by atoms with Gasteiger partial charge in [-0.3, -0.25) is 9.59 Å². The normalized spacial score (nSPS) is 15.3. The van der Waals surface area contributed by atoms with Gasteiger partial charge in [0.05, 0.1) is 36.4 Å². The van der Waals surface area contributed by atoms with E-state index in [9.17, 15) is 9.59 Å². The number of hydrogen-bond acceptors (Lipinski definition) is 5. The lowest BCUT2D eigenvalue weighted by Gasteiger charge is -2.24. The summed E-state index contributed by atoms with van der Waals surface area (Å²) in [6.07, 6.45) is 3.56. The molecule has 1 unspecified atom stereocenters. The number of ether oxygens (including phenoxy) is 1. The molecular weight excluding hydrogens is 418 g/mol. The fourth-order valence-electron chi connectivity index (χ4n) is 4.32. The molecule has 0 aliphatic carbocycles. The van der Waals surface area contributed by atoms with Gasteiger partial charge in [-0.05, 0) is 55.3 Å². The molecule has 0 N–H and O–H groups in total. The first kappa shape index (κ1) is 21.1. The van der Waals surface area contributed by atoms with E-state index < -0.39 is 6.04 Å². The van der Waals surface area contributed by atoms with Crippen molar-refractivity contribution < 1.29 is 18.4 Å². The molecule has 0 fully saturated rings. The molecule has 6 heteroatoms. The summed E-state index contributed by atoms with van der Waals surface area (Å²) in [4.78, 5) is 28.8. The number of benzene rings is 2. The highest BCUT2D eigenvalue weighted by molar-refractivity contribution is 5.99. The lowest BCUT2D eigenvalue weighted by molar-refractivity contribution is 0.0701. The van der Waals surface area contributed by atoms with Crippen LogP contribution in [-0.2, 0) is 6.54 Å². The maximum absolute atomic E-state index is 13.7. The minimum atomic E-state index is -0.603. The van der Waals surface area contributed by atoms with Crippen LogP contribution in [0.4, 0.5) is 0 Å². The molecule has 168 valence electrons. The van der Waals surface area contributed by atoms with E-state index in [1.54, 1.807) is 23.3 Å². The quantitative estimate of drug-likeness (QED) is 0.347. The Hall–Kier alpha value is -3.80. The molecular formula is C27H25NO5. The van der Waals surface area contributed by atoms with E-state index in [0.29, 0.717) is 34.6 Å². The smallest absolute Gasteiger partial charge is 0.291 e.